The minimum absolute atomic E-state index is 0.0159. The first-order chi connectivity index (χ1) is 11.6. The first-order valence-corrected chi connectivity index (χ1v) is 9.41. The molecule has 0 aromatic carbocycles. The van der Waals surface area contributed by atoms with E-state index in [1.165, 1.54) is 0 Å². The molecule has 0 spiro atoms. The lowest BCUT2D eigenvalue weighted by atomic mass is 10.0. The van der Waals surface area contributed by atoms with Gasteiger partial charge in [-0.3, -0.25) is 4.79 Å². The van der Waals surface area contributed by atoms with Gasteiger partial charge in [0.1, 0.15) is 0 Å². The van der Waals surface area contributed by atoms with Crippen molar-refractivity contribution in [1.82, 2.24) is 25.8 Å². The Morgan fingerprint density at radius 1 is 1.04 bits per heavy atom. The van der Waals surface area contributed by atoms with E-state index in [4.69, 9.17) is 0 Å². The third-order valence-electron chi connectivity index (χ3n) is 5.67. The smallest absolute Gasteiger partial charge is 0.317 e. The van der Waals surface area contributed by atoms with E-state index >= 15 is 0 Å². The largest absolute Gasteiger partial charge is 0.341 e. The number of rotatable bonds is 3. The van der Waals surface area contributed by atoms with E-state index < -0.39 is 0 Å². The van der Waals surface area contributed by atoms with Gasteiger partial charge in [-0.15, -0.1) is 0 Å². The lowest BCUT2D eigenvalue weighted by Crippen LogP contribution is -2.54. The molecule has 3 rings (SSSR count). The first-order valence-electron chi connectivity index (χ1n) is 9.41. The minimum atomic E-state index is 0.0159. The predicted molar refractivity (Wildman–Crippen MR) is 92.8 cm³/mol. The molecule has 7 nitrogen and oxygen atoms in total. The van der Waals surface area contributed by atoms with E-state index in [9.17, 15) is 9.59 Å². The highest BCUT2D eigenvalue weighted by Crippen LogP contribution is 2.16. The summed E-state index contributed by atoms with van der Waals surface area (Å²) in [5.74, 6) is 0.240. The number of hydrogen-bond acceptors (Lipinski definition) is 4. The Balaban J connectivity index is 1.41. The Labute approximate surface area is 144 Å². The van der Waals surface area contributed by atoms with Gasteiger partial charge in [0.15, 0.2) is 0 Å². The monoisotopic (exact) mass is 337 g/mol. The number of nitrogens with one attached hydrogen (secondary N) is 3. The Morgan fingerprint density at radius 2 is 1.75 bits per heavy atom. The zero-order valence-corrected chi connectivity index (χ0v) is 14.7. The molecule has 24 heavy (non-hydrogen) atoms. The molecule has 3 amide bonds. The first kappa shape index (κ1) is 17.5. The van der Waals surface area contributed by atoms with Crippen LogP contribution in [0.1, 0.15) is 38.5 Å². The van der Waals surface area contributed by atoms with Crippen molar-refractivity contribution in [2.45, 2.75) is 56.7 Å². The summed E-state index contributed by atoms with van der Waals surface area (Å²) in [6.07, 6.45) is 5.79. The average molecular weight is 337 g/mol. The highest BCUT2D eigenvalue weighted by Gasteiger charge is 2.31. The van der Waals surface area contributed by atoms with E-state index in [0.29, 0.717) is 6.04 Å². The van der Waals surface area contributed by atoms with Crippen molar-refractivity contribution in [3.05, 3.63) is 0 Å². The number of hydrogen-bond donors (Lipinski definition) is 3. The van der Waals surface area contributed by atoms with Gasteiger partial charge >= 0.3 is 6.03 Å². The van der Waals surface area contributed by atoms with Crippen molar-refractivity contribution in [2.24, 2.45) is 0 Å². The molecule has 7 heteroatoms. The summed E-state index contributed by atoms with van der Waals surface area (Å²) in [6.45, 7) is 4.42. The number of carbonyl (C=O) groups is 2. The molecule has 0 bridgehead atoms. The molecule has 136 valence electrons. The fraction of sp³-hybridized carbons (Fsp3) is 0.882. The average Bonchev–Trinajstić information content (AvgIpc) is 3.16. The van der Waals surface area contributed by atoms with E-state index in [1.54, 1.807) is 0 Å². The Kier molecular flexibility index (Phi) is 5.94. The topological polar surface area (TPSA) is 76.7 Å². The number of likely N-dealkylation sites (tertiary alicyclic amines) is 1. The Hall–Kier alpha value is -1.34. The summed E-state index contributed by atoms with van der Waals surface area (Å²) in [6, 6.07) is 0.565. The lowest BCUT2D eigenvalue weighted by molar-refractivity contribution is -0.134. The summed E-state index contributed by atoms with van der Waals surface area (Å²) in [4.78, 5) is 28.7. The van der Waals surface area contributed by atoms with E-state index in [2.05, 4.69) is 16.0 Å². The number of amides is 3. The van der Waals surface area contributed by atoms with Crippen LogP contribution in [0.2, 0.25) is 0 Å². The van der Waals surface area contributed by atoms with Crippen molar-refractivity contribution in [2.75, 3.05) is 39.8 Å². The van der Waals surface area contributed by atoms with Crippen molar-refractivity contribution < 1.29 is 9.59 Å². The summed E-state index contributed by atoms with van der Waals surface area (Å²) < 4.78 is 0. The van der Waals surface area contributed by atoms with Gasteiger partial charge in [0.05, 0.1) is 6.04 Å². The molecular weight excluding hydrogens is 306 g/mol. The van der Waals surface area contributed by atoms with Crippen LogP contribution in [0.3, 0.4) is 0 Å². The van der Waals surface area contributed by atoms with Gasteiger partial charge in [-0.05, 0) is 58.2 Å². The maximum atomic E-state index is 12.4. The van der Waals surface area contributed by atoms with Crippen LogP contribution >= 0.6 is 0 Å². The zero-order chi connectivity index (χ0) is 16.9. The van der Waals surface area contributed by atoms with Crippen LogP contribution < -0.4 is 16.0 Å². The van der Waals surface area contributed by atoms with Crippen LogP contribution in [0, 0.1) is 0 Å². The number of urea groups is 1. The third-order valence-corrected chi connectivity index (χ3v) is 5.67. The van der Waals surface area contributed by atoms with Gasteiger partial charge in [0, 0.05) is 32.2 Å². The maximum Gasteiger partial charge on any atom is 0.317 e. The van der Waals surface area contributed by atoms with Gasteiger partial charge in [-0.2, -0.15) is 0 Å². The number of carbonyl (C=O) groups excluding carboxylic acids is 2. The molecule has 3 saturated heterocycles. The second-order valence-corrected chi connectivity index (χ2v) is 7.29. The van der Waals surface area contributed by atoms with Crippen LogP contribution in [-0.4, -0.2) is 79.6 Å². The molecule has 0 aromatic rings. The molecule has 0 unspecified atom stereocenters. The molecule has 0 aromatic heterocycles. The fourth-order valence-electron chi connectivity index (χ4n) is 4.00. The standard InChI is InChI=1S/C17H31N5O2/c1-21(14-4-9-18-10-5-14)17(24)20-13-6-11-22(12-7-13)16(23)15-3-2-8-19-15/h13-15,18-19H,2-12H2,1H3,(H,20,24)/t15-/m0/s1. The molecule has 3 aliphatic heterocycles. The van der Waals surface area contributed by atoms with E-state index in [-0.39, 0.29) is 24.0 Å². The van der Waals surface area contributed by atoms with Gasteiger partial charge < -0.3 is 25.8 Å². The van der Waals surface area contributed by atoms with Gasteiger partial charge in [-0.25, -0.2) is 4.79 Å². The van der Waals surface area contributed by atoms with Crippen molar-refractivity contribution >= 4 is 11.9 Å². The molecule has 0 aliphatic carbocycles. The number of piperidine rings is 2. The maximum absolute atomic E-state index is 12.4. The predicted octanol–water partition coefficient (Wildman–Crippen LogP) is 0.123. The summed E-state index contributed by atoms with van der Waals surface area (Å²) in [5.41, 5.74) is 0. The summed E-state index contributed by atoms with van der Waals surface area (Å²) in [5, 5.41) is 9.76. The normalized spacial score (nSPS) is 26.4. The Bertz CT molecular complexity index is 438. The fourth-order valence-corrected chi connectivity index (χ4v) is 4.00. The Morgan fingerprint density at radius 3 is 2.38 bits per heavy atom. The highest BCUT2D eigenvalue weighted by molar-refractivity contribution is 5.82. The lowest BCUT2D eigenvalue weighted by Gasteiger charge is -2.36. The van der Waals surface area contributed by atoms with Crippen LogP contribution in [-0.2, 0) is 4.79 Å². The summed E-state index contributed by atoms with van der Waals surface area (Å²) >= 11 is 0. The number of nitrogens with zero attached hydrogens (tertiary/aromatic N) is 2. The highest BCUT2D eigenvalue weighted by atomic mass is 16.2. The molecule has 3 heterocycles. The van der Waals surface area contributed by atoms with Crippen molar-refractivity contribution in [3.63, 3.8) is 0 Å². The minimum Gasteiger partial charge on any atom is -0.341 e. The second-order valence-electron chi connectivity index (χ2n) is 7.29. The van der Waals surface area contributed by atoms with E-state index in [1.807, 2.05) is 16.8 Å². The molecule has 3 N–H and O–H groups in total. The van der Waals surface area contributed by atoms with Crippen molar-refractivity contribution in [1.29, 1.82) is 0 Å². The van der Waals surface area contributed by atoms with Crippen LogP contribution in [0.5, 0.6) is 0 Å². The molecule has 0 radical (unpaired) electrons. The van der Waals surface area contributed by atoms with Gasteiger partial charge in [0.25, 0.3) is 0 Å². The van der Waals surface area contributed by atoms with Crippen LogP contribution in [0.25, 0.3) is 0 Å². The molecule has 3 aliphatic rings. The third kappa shape index (κ3) is 4.19. The van der Waals surface area contributed by atoms with Gasteiger partial charge in [0.2, 0.25) is 5.91 Å². The van der Waals surface area contributed by atoms with Gasteiger partial charge in [-0.1, -0.05) is 0 Å². The van der Waals surface area contributed by atoms with Crippen molar-refractivity contribution in [3.8, 4) is 0 Å². The molecule has 3 fully saturated rings. The van der Waals surface area contributed by atoms with Crippen LogP contribution in [0.15, 0.2) is 0 Å². The summed E-state index contributed by atoms with van der Waals surface area (Å²) in [7, 11) is 1.90. The SMILES string of the molecule is CN(C(=O)NC1CCN(C(=O)[C@@H]2CCCN2)CC1)C1CCNCC1. The van der Waals surface area contributed by atoms with E-state index in [0.717, 1.165) is 71.2 Å². The molecular formula is C17H31N5O2. The molecule has 1 atom stereocenters. The second kappa shape index (κ2) is 8.16. The zero-order valence-electron chi connectivity index (χ0n) is 14.7. The quantitative estimate of drug-likeness (QED) is 0.684. The molecule has 0 saturated carbocycles. The van der Waals surface area contributed by atoms with Crippen LogP contribution in [0.4, 0.5) is 4.79 Å².